The number of benzene rings is 1. The number of hydrogen-bond donors (Lipinski definition) is 1. The molecule has 0 aromatic heterocycles. The van der Waals surface area contributed by atoms with Crippen LogP contribution < -0.4 is 5.32 Å². The molecule has 3 heteroatoms. The zero-order chi connectivity index (χ0) is 14.0. The SMILES string of the molecule is CC(C)(C)C(CNC1CC1)Cc1cccc(Cl)c1F. The van der Waals surface area contributed by atoms with Crippen LogP contribution in [0, 0.1) is 17.2 Å². The van der Waals surface area contributed by atoms with E-state index in [2.05, 4.69) is 26.1 Å². The lowest BCUT2D eigenvalue weighted by molar-refractivity contribution is 0.228. The molecule has 0 heterocycles. The Morgan fingerprint density at radius 1 is 1.37 bits per heavy atom. The summed E-state index contributed by atoms with van der Waals surface area (Å²) in [5.41, 5.74) is 0.876. The van der Waals surface area contributed by atoms with E-state index in [9.17, 15) is 4.39 Å². The minimum Gasteiger partial charge on any atom is -0.314 e. The highest BCUT2D eigenvalue weighted by Gasteiger charge is 2.28. The van der Waals surface area contributed by atoms with Crippen molar-refractivity contribution in [2.45, 2.75) is 46.1 Å². The Morgan fingerprint density at radius 3 is 2.63 bits per heavy atom. The molecule has 1 N–H and O–H groups in total. The molecule has 1 aromatic carbocycles. The van der Waals surface area contributed by atoms with Gasteiger partial charge in [0.15, 0.2) is 0 Å². The summed E-state index contributed by atoms with van der Waals surface area (Å²) in [4.78, 5) is 0. The molecule has 1 saturated carbocycles. The zero-order valence-corrected chi connectivity index (χ0v) is 12.7. The summed E-state index contributed by atoms with van der Waals surface area (Å²) in [5, 5.41) is 3.78. The second-order valence-corrected chi connectivity index (χ2v) is 7.07. The normalized spacial score (nSPS) is 17.5. The molecule has 0 radical (unpaired) electrons. The lowest BCUT2D eigenvalue weighted by atomic mass is 9.77. The Morgan fingerprint density at radius 2 is 2.05 bits per heavy atom. The third-order valence-electron chi connectivity index (χ3n) is 3.95. The van der Waals surface area contributed by atoms with Crippen LogP contribution in [-0.4, -0.2) is 12.6 Å². The van der Waals surface area contributed by atoms with Crippen molar-refractivity contribution >= 4 is 11.6 Å². The molecule has 0 saturated heterocycles. The highest BCUT2D eigenvalue weighted by molar-refractivity contribution is 6.30. The van der Waals surface area contributed by atoms with E-state index >= 15 is 0 Å². The van der Waals surface area contributed by atoms with Gasteiger partial charge in [0.25, 0.3) is 0 Å². The highest BCUT2D eigenvalue weighted by Crippen LogP contribution is 2.31. The molecule has 0 amide bonds. The summed E-state index contributed by atoms with van der Waals surface area (Å²) in [7, 11) is 0. The summed E-state index contributed by atoms with van der Waals surface area (Å²) < 4.78 is 14.0. The Hall–Kier alpha value is -0.600. The van der Waals surface area contributed by atoms with Gasteiger partial charge in [-0.3, -0.25) is 0 Å². The molecule has 1 aromatic rings. The number of nitrogens with one attached hydrogen (secondary N) is 1. The average molecular weight is 284 g/mol. The highest BCUT2D eigenvalue weighted by atomic mass is 35.5. The standard InChI is InChI=1S/C16H23ClFN/c1-16(2,3)12(10-19-13-7-8-13)9-11-5-4-6-14(17)15(11)18/h4-6,12-13,19H,7-10H2,1-3H3. The summed E-state index contributed by atoms with van der Waals surface area (Å²) in [6, 6.07) is 5.97. The lowest BCUT2D eigenvalue weighted by Gasteiger charge is -2.31. The predicted octanol–water partition coefficient (Wildman–Crippen LogP) is 4.44. The van der Waals surface area contributed by atoms with Crippen LogP contribution in [0.25, 0.3) is 0 Å². The number of rotatable bonds is 5. The lowest BCUT2D eigenvalue weighted by Crippen LogP contribution is -2.34. The first-order chi connectivity index (χ1) is 8.88. The molecular weight excluding hydrogens is 261 g/mol. The maximum absolute atomic E-state index is 14.0. The van der Waals surface area contributed by atoms with E-state index in [0.717, 1.165) is 18.5 Å². The van der Waals surface area contributed by atoms with Gasteiger partial charge in [0, 0.05) is 6.04 Å². The van der Waals surface area contributed by atoms with E-state index in [1.807, 2.05) is 12.1 Å². The predicted molar refractivity (Wildman–Crippen MR) is 79.1 cm³/mol. The molecule has 19 heavy (non-hydrogen) atoms. The molecule has 1 atom stereocenters. The topological polar surface area (TPSA) is 12.0 Å². The largest absolute Gasteiger partial charge is 0.314 e. The molecule has 2 rings (SSSR count). The third-order valence-corrected chi connectivity index (χ3v) is 4.24. The van der Waals surface area contributed by atoms with Gasteiger partial charge in [0.2, 0.25) is 0 Å². The van der Waals surface area contributed by atoms with Gasteiger partial charge in [0.1, 0.15) is 5.82 Å². The minimum absolute atomic E-state index is 0.149. The van der Waals surface area contributed by atoms with Crippen LogP contribution in [0.1, 0.15) is 39.2 Å². The second kappa shape index (κ2) is 5.80. The van der Waals surface area contributed by atoms with Gasteiger partial charge in [0.05, 0.1) is 5.02 Å². The Bertz CT molecular complexity index is 435. The van der Waals surface area contributed by atoms with Gasteiger partial charge in [-0.15, -0.1) is 0 Å². The summed E-state index contributed by atoms with van der Waals surface area (Å²) in [6.07, 6.45) is 3.29. The van der Waals surface area contributed by atoms with E-state index in [1.165, 1.54) is 12.8 Å². The van der Waals surface area contributed by atoms with Crippen LogP contribution in [0.3, 0.4) is 0 Å². The molecule has 1 aliphatic carbocycles. The zero-order valence-electron chi connectivity index (χ0n) is 12.0. The maximum atomic E-state index is 14.0. The molecule has 0 aliphatic heterocycles. The Labute approximate surface area is 120 Å². The number of hydrogen-bond acceptors (Lipinski definition) is 1. The molecule has 1 aliphatic rings. The van der Waals surface area contributed by atoms with Crippen LogP contribution in [-0.2, 0) is 6.42 Å². The van der Waals surface area contributed by atoms with Crippen molar-refractivity contribution in [3.8, 4) is 0 Å². The fourth-order valence-corrected chi connectivity index (χ4v) is 2.45. The summed E-state index contributed by atoms with van der Waals surface area (Å²) in [6.45, 7) is 7.60. The first-order valence-corrected chi connectivity index (χ1v) is 7.42. The van der Waals surface area contributed by atoms with Crippen molar-refractivity contribution in [1.29, 1.82) is 0 Å². The van der Waals surface area contributed by atoms with Crippen LogP contribution >= 0.6 is 11.6 Å². The van der Waals surface area contributed by atoms with E-state index in [0.29, 0.717) is 12.0 Å². The van der Waals surface area contributed by atoms with Gasteiger partial charge in [-0.05, 0) is 48.8 Å². The van der Waals surface area contributed by atoms with Crippen molar-refractivity contribution in [1.82, 2.24) is 5.32 Å². The van der Waals surface area contributed by atoms with Crippen molar-refractivity contribution < 1.29 is 4.39 Å². The van der Waals surface area contributed by atoms with Gasteiger partial charge >= 0.3 is 0 Å². The van der Waals surface area contributed by atoms with E-state index in [-0.39, 0.29) is 16.3 Å². The molecule has 1 nitrogen and oxygen atoms in total. The maximum Gasteiger partial charge on any atom is 0.144 e. The second-order valence-electron chi connectivity index (χ2n) is 6.66. The monoisotopic (exact) mass is 283 g/mol. The van der Waals surface area contributed by atoms with E-state index in [1.54, 1.807) is 6.07 Å². The molecule has 1 unspecified atom stereocenters. The van der Waals surface area contributed by atoms with Gasteiger partial charge < -0.3 is 5.32 Å². The van der Waals surface area contributed by atoms with Crippen LogP contribution in [0.15, 0.2) is 18.2 Å². The van der Waals surface area contributed by atoms with Crippen molar-refractivity contribution in [2.24, 2.45) is 11.3 Å². The van der Waals surface area contributed by atoms with E-state index in [4.69, 9.17) is 11.6 Å². The summed E-state index contributed by atoms with van der Waals surface area (Å²) >= 11 is 5.86. The Kier molecular flexibility index (Phi) is 4.52. The quantitative estimate of drug-likeness (QED) is 0.843. The fraction of sp³-hybridized carbons (Fsp3) is 0.625. The molecular formula is C16H23ClFN. The minimum atomic E-state index is -0.259. The van der Waals surface area contributed by atoms with Crippen molar-refractivity contribution in [2.75, 3.05) is 6.54 Å². The third kappa shape index (κ3) is 4.19. The average Bonchev–Trinajstić information content (AvgIpc) is 3.12. The van der Waals surface area contributed by atoms with Crippen LogP contribution in [0.5, 0.6) is 0 Å². The van der Waals surface area contributed by atoms with Crippen molar-refractivity contribution in [3.05, 3.63) is 34.6 Å². The van der Waals surface area contributed by atoms with E-state index < -0.39 is 0 Å². The number of halogens is 2. The summed E-state index contributed by atoms with van der Waals surface area (Å²) in [5.74, 6) is 0.144. The molecule has 0 bridgehead atoms. The van der Waals surface area contributed by atoms with Crippen LogP contribution in [0.2, 0.25) is 5.02 Å². The first kappa shape index (κ1) is 14.8. The van der Waals surface area contributed by atoms with Gasteiger partial charge in [-0.1, -0.05) is 44.5 Å². The van der Waals surface area contributed by atoms with Gasteiger partial charge in [-0.25, -0.2) is 4.39 Å². The fourth-order valence-electron chi connectivity index (χ4n) is 2.25. The van der Waals surface area contributed by atoms with Crippen LogP contribution in [0.4, 0.5) is 4.39 Å². The molecule has 1 fully saturated rings. The molecule has 0 spiro atoms. The Balaban J connectivity index is 2.07. The van der Waals surface area contributed by atoms with Gasteiger partial charge in [-0.2, -0.15) is 0 Å². The van der Waals surface area contributed by atoms with Crippen molar-refractivity contribution in [3.63, 3.8) is 0 Å². The molecule has 106 valence electrons. The first-order valence-electron chi connectivity index (χ1n) is 7.04. The smallest absolute Gasteiger partial charge is 0.144 e.